The molecule has 1 saturated heterocycles. The van der Waals surface area contributed by atoms with Crippen molar-refractivity contribution in [3.8, 4) is 5.75 Å². The van der Waals surface area contributed by atoms with Crippen LogP contribution in [0.15, 0.2) is 67.0 Å². The number of hydrogen-bond donors (Lipinski definition) is 2. The summed E-state index contributed by atoms with van der Waals surface area (Å²) in [6, 6.07) is 14.6. The van der Waals surface area contributed by atoms with Crippen LogP contribution >= 0.6 is 11.6 Å². The molecule has 0 bridgehead atoms. The molecule has 44 heavy (non-hydrogen) atoms. The van der Waals surface area contributed by atoms with Gasteiger partial charge in [0.05, 0.1) is 5.69 Å². The van der Waals surface area contributed by atoms with E-state index in [4.69, 9.17) is 26.2 Å². The first-order valence-electron chi connectivity index (χ1n) is 13.7. The number of rotatable bonds is 11. The van der Waals surface area contributed by atoms with Crippen molar-refractivity contribution in [2.24, 2.45) is 0 Å². The minimum absolute atomic E-state index is 0.0669. The molecule has 1 aliphatic heterocycles. The summed E-state index contributed by atoms with van der Waals surface area (Å²) in [5.41, 5.74) is 1.35. The number of amides is 2. The van der Waals surface area contributed by atoms with Crippen LogP contribution in [0.5, 0.6) is 5.75 Å². The Kier molecular flexibility index (Phi) is 12.8. The third-order valence-electron chi connectivity index (χ3n) is 6.36. The van der Waals surface area contributed by atoms with Gasteiger partial charge in [0.15, 0.2) is 0 Å². The average molecular weight is 639 g/mol. The molecular formula is C30H31ClF4N4O5. The zero-order valence-corrected chi connectivity index (χ0v) is 24.3. The summed E-state index contributed by atoms with van der Waals surface area (Å²) in [7, 11) is 0. The van der Waals surface area contributed by atoms with Crippen LogP contribution in [-0.4, -0.2) is 71.7 Å². The zero-order valence-electron chi connectivity index (χ0n) is 23.5. The number of para-hydroxylation sites is 1. The normalized spacial score (nSPS) is 12.6. The van der Waals surface area contributed by atoms with Crippen molar-refractivity contribution >= 4 is 40.8 Å². The van der Waals surface area contributed by atoms with Crippen molar-refractivity contribution in [3.05, 3.63) is 83.4 Å². The Morgan fingerprint density at radius 3 is 2.34 bits per heavy atom. The molecular weight excluding hydrogens is 608 g/mol. The molecule has 0 aliphatic carbocycles. The van der Waals surface area contributed by atoms with E-state index in [2.05, 4.69) is 10.3 Å². The number of benzene rings is 2. The number of alkyl halides is 3. The molecule has 0 unspecified atom stereocenters. The number of likely N-dealkylation sites (tertiary alicyclic amines) is 1. The second-order valence-electron chi connectivity index (χ2n) is 9.59. The molecule has 1 aliphatic rings. The smallest absolute Gasteiger partial charge is 0.490 e. The van der Waals surface area contributed by atoms with Gasteiger partial charge in [-0.1, -0.05) is 23.7 Å². The Hall–Kier alpha value is -4.39. The van der Waals surface area contributed by atoms with Crippen LogP contribution in [0.25, 0.3) is 0 Å². The minimum Gasteiger partial charge on any atom is -0.492 e. The highest BCUT2D eigenvalue weighted by atomic mass is 35.5. The molecule has 236 valence electrons. The number of aliphatic carboxylic acids is 1. The highest BCUT2D eigenvalue weighted by molar-refractivity contribution is 6.31. The number of carbonyl (C=O) groups is 3. The lowest BCUT2D eigenvalue weighted by molar-refractivity contribution is -0.192. The molecule has 2 aromatic carbocycles. The molecule has 1 aromatic heterocycles. The number of ether oxygens (including phenoxy) is 1. The number of hydrogen-bond acceptors (Lipinski definition) is 6. The highest BCUT2D eigenvalue weighted by Gasteiger charge is 2.38. The number of nitrogens with zero attached hydrogens (tertiary/aromatic N) is 3. The molecule has 3 aromatic rings. The van der Waals surface area contributed by atoms with Crippen LogP contribution in [0.1, 0.15) is 36.0 Å². The van der Waals surface area contributed by atoms with E-state index < -0.39 is 23.9 Å². The van der Waals surface area contributed by atoms with Crippen molar-refractivity contribution in [2.75, 3.05) is 43.0 Å². The van der Waals surface area contributed by atoms with Crippen LogP contribution in [0.2, 0.25) is 5.02 Å². The monoisotopic (exact) mass is 638 g/mol. The van der Waals surface area contributed by atoms with Crippen LogP contribution in [-0.2, 0) is 9.59 Å². The van der Waals surface area contributed by atoms with Crippen molar-refractivity contribution in [1.29, 1.82) is 0 Å². The molecule has 1 fully saturated rings. The summed E-state index contributed by atoms with van der Waals surface area (Å²) in [5.74, 6) is -3.18. The first-order chi connectivity index (χ1) is 21.0. The van der Waals surface area contributed by atoms with Gasteiger partial charge >= 0.3 is 12.1 Å². The molecule has 2 amide bonds. The van der Waals surface area contributed by atoms with Crippen LogP contribution < -0.4 is 15.0 Å². The van der Waals surface area contributed by atoms with E-state index in [9.17, 15) is 27.2 Å². The Balaban J connectivity index is 0.000000676. The fourth-order valence-corrected chi connectivity index (χ4v) is 4.50. The van der Waals surface area contributed by atoms with Gasteiger partial charge in [-0.3, -0.25) is 14.6 Å². The Bertz CT molecular complexity index is 1410. The number of halogens is 5. The van der Waals surface area contributed by atoms with E-state index in [1.54, 1.807) is 42.7 Å². The van der Waals surface area contributed by atoms with Gasteiger partial charge in [0.25, 0.3) is 5.91 Å². The maximum absolute atomic E-state index is 14.7. The molecule has 2 N–H and O–H groups in total. The number of carbonyl (C=O) groups excluding carboxylic acids is 2. The predicted molar refractivity (Wildman–Crippen MR) is 156 cm³/mol. The summed E-state index contributed by atoms with van der Waals surface area (Å²) in [5, 5.41) is 10.7. The van der Waals surface area contributed by atoms with Crippen molar-refractivity contribution < 1.29 is 41.8 Å². The fraction of sp³-hybridized carbons (Fsp3) is 0.333. The molecule has 2 heterocycles. The first-order valence-corrected chi connectivity index (χ1v) is 14.0. The van der Waals surface area contributed by atoms with Gasteiger partial charge in [0, 0.05) is 61.3 Å². The molecule has 0 radical (unpaired) electrons. The quantitative estimate of drug-likeness (QED) is 0.194. The fourth-order valence-electron chi connectivity index (χ4n) is 4.27. The number of carboxylic acids is 1. The topological polar surface area (TPSA) is 112 Å². The van der Waals surface area contributed by atoms with Gasteiger partial charge in [-0.15, -0.1) is 0 Å². The van der Waals surface area contributed by atoms with Crippen LogP contribution in [0.3, 0.4) is 0 Å². The predicted octanol–water partition coefficient (Wildman–Crippen LogP) is 6.05. The summed E-state index contributed by atoms with van der Waals surface area (Å²) in [4.78, 5) is 42.2. The molecule has 0 saturated carbocycles. The average Bonchev–Trinajstić information content (AvgIpc) is 3.53. The number of nitrogens with one attached hydrogen (secondary N) is 1. The van der Waals surface area contributed by atoms with E-state index in [-0.39, 0.29) is 23.7 Å². The van der Waals surface area contributed by atoms with Gasteiger partial charge in [-0.2, -0.15) is 13.2 Å². The third kappa shape index (κ3) is 10.7. The van der Waals surface area contributed by atoms with Crippen molar-refractivity contribution in [2.45, 2.75) is 31.9 Å². The van der Waals surface area contributed by atoms with E-state index in [0.717, 1.165) is 31.6 Å². The number of pyridine rings is 1. The van der Waals surface area contributed by atoms with Gasteiger partial charge in [-0.05, 0) is 61.7 Å². The molecule has 4 rings (SSSR count). The van der Waals surface area contributed by atoms with Gasteiger partial charge in [0.1, 0.15) is 18.2 Å². The van der Waals surface area contributed by atoms with E-state index in [1.807, 2.05) is 17.0 Å². The Morgan fingerprint density at radius 1 is 1.05 bits per heavy atom. The van der Waals surface area contributed by atoms with Crippen molar-refractivity contribution in [3.63, 3.8) is 0 Å². The summed E-state index contributed by atoms with van der Waals surface area (Å²) < 4.78 is 52.3. The lowest BCUT2D eigenvalue weighted by Crippen LogP contribution is -2.34. The highest BCUT2D eigenvalue weighted by Crippen LogP contribution is 2.26. The zero-order chi connectivity index (χ0) is 32.1. The van der Waals surface area contributed by atoms with Crippen molar-refractivity contribution in [1.82, 2.24) is 9.88 Å². The molecule has 14 heteroatoms. The Morgan fingerprint density at radius 2 is 1.70 bits per heavy atom. The standard InChI is InChI=1S/C28H30ClFN4O3.C2HF3O2/c29-22-18-21(19-24(20-22)37-17-13-32-23-9-11-31-12-10-23)28(36)34(26-7-2-1-6-25(26)30)16-5-8-27(35)33-14-3-4-15-33;3-2(4,5)1(6)7/h1-2,6-7,9-12,18-20H,3-5,8,13-17H2,(H,31,32);(H,6,7). The number of anilines is 2. The summed E-state index contributed by atoms with van der Waals surface area (Å²) in [6.45, 7) is 2.62. The molecule has 0 atom stereocenters. The van der Waals surface area contributed by atoms with Gasteiger partial charge in [-0.25, -0.2) is 9.18 Å². The van der Waals surface area contributed by atoms with Crippen LogP contribution in [0.4, 0.5) is 28.9 Å². The molecule has 9 nitrogen and oxygen atoms in total. The lowest BCUT2D eigenvalue weighted by Gasteiger charge is -2.24. The second kappa shape index (κ2) is 16.5. The second-order valence-corrected chi connectivity index (χ2v) is 10.0. The van der Waals surface area contributed by atoms with E-state index in [1.165, 1.54) is 17.0 Å². The SMILES string of the molecule is O=C(CCCN(C(=O)c1cc(Cl)cc(OCCNc2ccncc2)c1)c1ccccc1F)N1CCCC1.O=C(O)C(F)(F)F. The summed E-state index contributed by atoms with van der Waals surface area (Å²) in [6.07, 6.45) is 1.06. The number of aromatic nitrogens is 1. The maximum atomic E-state index is 14.7. The molecule has 0 spiro atoms. The third-order valence-corrected chi connectivity index (χ3v) is 6.58. The van der Waals surface area contributed by atoms with E-state index >= 15 is 0 Å². The van der Waals surface area contributed by atoms with Gasteiger partial charge < -0.3 is 25.0 Å². The Labute approximate surface area is 256 Å². The maximum Gasteiger partial charge on any atom is 0.490 e. The lowest BCUT2D eigenvalue weighted by atomic mass is 10.1. The first kappa shape index (κ1) is 34.1. The van der Waals surface area contributed by atoms with Crippen LogP contribution in [0, 0.1) is 5.82 Å². The summed E-state index contributed by atoms with van der Waals surface area (Å²) >= 11 is 6.31. The largest absolute Gasteiger partial charge is 0.492 e. The van der Waals surface area contributed by atoms with Gasteiger partial charge in [0.2, 0.25) is 5.91 Å². The number of carboxylic acid groups (broad SMARTS) is 1. The van der Waals surface area contributed by atoms with E-state index in [0.29, 0.717) is 36.8 Å². The minimum atomic E-state index is -5.08.